The molecule has 2 nitrogen and oxygen atoms in total. The Morgan fingerprint density at radius 1 is 0.774 bits per heavy atom. The van der Waals surface area contributed by atoms with Crippen LogP contribution in [-0.2, 0) is 6.42 Å². The van der Waals surface area contributed by atoms with Crippen LogP contribution in [0, 0.1) is 0 Å². The van der Waals surface area contributed by atoms with Crippen molar-refractivity contribution in [3.05, 3.63) is 88.4 Å². The second-order valence-electron chi connectivity index (χ2n) is 8.36. The molecule has 3 aromatic carbocycles. The number of unbranched alkanes of at least 4 members (excludes halogenated alkanes) is 6. The number of aliphatic imine (C=N–C) groups is 1. The van der Waals surface area contributed by atoms with Gasteiger partial charge in [0.15, 0.2) is 0 Å². The number of hydrogen-bond acceptors (Lipinski definition) is 2. The maximum Gasteiger partial charge on any atom is 0.0887 e. The zero-order chi connectivity index (χ0) is 21.5. The molecule has 0 spiro atoms. The van der Waals surface area contributed by atoms with E-state index in [1.54, 1.807) is 0 Å². The van der Waals surface area contributed by atoms with Gasteiger partial charge in [0.2, 0.25) is 0 Å². The van der Waals surface area contributed by atoms with Crippen molar-refractivity contribution < 1.29 is 0 Å². The van der Waals surface area contributed by atoms with Crippen molar-refractivity contribution in [3.63, 3.8) is 0 Å². The fourth-order valence-electron chi connectivity index (χ4n) is 4.16. The lowest BCUT2D eigenvalue weighted by molar-refractivity contribution is 0.589. The Kier molecular flexibility index (Phi) is 7.43. The zero-order valence-corrected chi connectivity index (χ0v) is 19.1. The molecule has 31 heavy (non-hydrogen) atoms. The minimum atomic E-state index is 0.694. The monoisotopic (exact) mass is 430 g/mol. The van der Waals surface area contributed by atoms with Crippen LogP contribution in [0.1, 0.15) is 68.6 Å². The van der Waals surface area contributed by atoms with Gasteiger partial charge >= 0.3 is 0 Å². The van der Waals surface area contributed by atoms with E-state index in [9.17, 15) is 0 Å². The molecule has 0 radical (unpaired) electrons. The highest BCUT2D eigenvalue weighted by atomic mass is 35.5. The first kappa shape index (κ1) is 21.6. The van der Waals surface area contributed by atoms with Crippen LogP contribution in [0.3, 0.4) is 0 Å². The van der Waals surface area contributed by atoms with Gasteiger partial charge in [0.25, 0.3) is 0 Å². The number of rotatable bonds is 9. The van der Waals surface area contributed by atoms with Crippen LogP contribution in [0.4, 0.5) is 17.1 Å². The molecule has 1 N–H and O–H groups in total. The number of nitrogens with one attached hydrogen (secondary N) is 1. The molecule has 1 aliphatic heterocycles. The van der Waals surface area contributed by atoms with Gasteiger partial charge in [-0.2, -0.15) is 0 Å². The molecule has 4 rings (SSSR count). The number of nitrogens with zero attached hydrogens (tertiary/aromatic N) is 1. The highest BCUT2D eigenvalue weighted by Crippen LogP contribution is 2.37. The van der Waals surface area contributed by atoms with Gasteiger partial charge < -0.3 is 5.32 Å². The molecule has 0 saturated heterocycles. The fraction of sp³-hybridized carbons (Fsp3) is 0.321. The fourth-order valence-corrected chi connectivity index (χ4v) is 4.33. The lowest BCUT2D eigenvalue weighted by Crippen LogP contribution is -2.04. The number of anilines is 2. The molecule has 0 fully saturated rings. The normalized spacial score (nSPS) is 12.4. The van der Waals surface area contributed by atoms with Crippen LogP contribution in [0.2, 0.25) is 5.02 Å². The quantitative estimate of drug-likeness (QED) is 0.263. The summed E-state index contributed by atoms with van der Waals surface area (Å²) >= 11 is 6.25. The highest BCUT2D eigenvalue weighted by molar-refractivity contribution is 6.31. The van der Waals surface area contributed by atoms with E-state index in [-0.39, 0.29) is 0 Å². The zero-order valence-electron chi connectivity index (χ0n) is 18.3. The minimum absolute atomic E-state index is 0.694. The number of hydrogen-bond donors (Lipinski definition) is 1. The third kappa shape index (κ3) is 5.57. The predicted molar refractivity (Wildman–Crippen MR) is 135 cm³/mol. The lowest BCUT2D eigenvalue weighted by atomic mass is 9.98. The van der Waals surface area contributed by atoms with Gasteiger partial charge in [-0.3, -0.25) is 0 Å². The van der Waals surface area contributed by atoms with E-state index in [4.69, 9.17) is 16.6 Å². The molecule has 3 heteroatoms. The largest absolute Gasteiger partial charge is 0.353 e. The van der Waals surface area contributed by atoms with E-state index < -0.39 is 0 Å². The third-order valence-electron chi connectivity index (χ3n) is 5.94. The van der Waals surface area contributed by atoms with E-state index in [0.29, 0.717) is 5.02 Å². The van der Waals surface area contributed by atoms with E-state index in [0.717, 1.165) is 40.3 Å². The molecule has 0 aliphatic carbocycles. The summed E-state index contributed by atoms with van der Waals surface area (Å²) in [6.07, 6.45) is 10.6. The van der Waals surface area contributed by atoms with Crippen LogP contribution in [0.25, 0.3) is 0 Å². The first-order valence-electron chi connectivity index (χ1n) is 11.6. The Morgan fingerprint density at radius 3 is 2.32 bits per heavy atom. The second kappa shape index (κ2) is 10.6. The predicted octanol–water partition coefficient (Wildman–Crippen LogP) is 8.86. The molecule has 1 aliphatic rings. The van der Waals surface area contributed by atoms with Gasteiger partial charge in [-0.05, 0) is 42.7 Å². The molecule has 0 amide bonds. The molecule has 160 valence electrons. The molecule has 3 aromatic rings. The maximum atomic E-state index is 6.25. The van der Waals surface area contributed by atoms with E-state index in [1.807, 2.05) is 18.2 Å². The van der Waals surface area contributed by atoms with E-state index in [2.05, 4.69) is 60.8 Å². The average Bonchev–Trinajstić information content (AvgIpc) is 2.95. The van der Waals surface area contributed by atoms with Crippen LogP contribution < -0.4 is 5.32 Å². The average molecular weight is 431 g/mol. The summed E-state index contributed by atoms with van der Waals surface area (Å²) in [6.45, 7) is 2.27. The summed E-state index contributed by atoms with van der Waals surface area (Å²) in [7, 11) is 0. The van der Waals surface area contributed by atoms with Crippen LogP contribution in [-0.4, -0.2) is 5.71 Å². The molecule has 0 bridgehead atoms. The van der Waals surface area contributed by atoms with Crippen molar-refractivity contribution in [2.45, 2.75) is 58.3 Å². The molecular weight excluding hydrogens is 400 g/mol. The summed E-state index contributed by atoms with van der Waals surface area (Å²) in [6, 6.07) is 23.1. The van der Waals surface area contributed by atoms with Gasteiger partial charge in [0.05, 0.1) is 17.1 Å². The number of aryl methyl sites for hydroxylation is 1. The second-order valence-corrected chi connectivity index (χ2v) is 8.80. The summed E-state index contributed by atoms with van der Waals surface area (Å²) in [5, 5.41) is 4.21. The first-order valence-corrected chi connectivity index (χ1v) is 12.0. The molecular formula is C28H31ClN2. The van der Waals surface area contributed by atoms with E-state index in [1.165, 1.54) is 50.5 Å². The summed E-state index contributed by atoms with van der Waals surface area (Å²) in [5.74, 6) is 0. The van der Waals surface area contributed by atoms with Crippen LogP contribution in [0.15, 0.2) is 71.7 Å². The summed E-state index contributed by atoms with van der Waals surface area (Å²) in [5.41, 5.74) is 7.52. The van der Waals surface area contributed by atoms with Crippen molar-refractivity contribution in [1.29, 1.82) is 0 Å². The number of para-hydroxylation sites is 1. The Hall–Kier alpha value is -2.58. The standard InChI is InChI=1S/C28H31ClN2/c1-2-3-4-5-6-7-8-11-21-14-16-22(17-15-21)28-24-12-9-10-13-25(24)30-26-19-18-23(29)20-27(26)31-28/h9-10,12-20,30H,2-8,11H2,1H3. The lowest BCUT2D eigenvalue weighted by Gasteiger charge is -2.11. The molecule has 0 unspecified atom stereocenters. The molecule has 0 atom stereocenters. The topological polar surface area (TPSA) is 24.4 Å². The molecule has 0 aromatic heterocycles. The Balaban J connectivity index is 1.50. The number of fused-ring (bicyclic) bond motifs is 2. The van der Waals surface area contributed by atoms with Crippen molar-refractivity contribution in [2.75, 3.05) is 5.32 Å². The molecule has 1 heterocycles. The Labute approximate surface area is 191 Å². The van der Waals surface area contributed by atoms with Gasteiger partial charge in [-0.1, -0.05) is 99.5 Å². The van der Waals surface area contributed by atoms with Gasteiger partial charge in [0.1, 0.15) is 0 Å². The maximum absolute atomic E-state index is 6.25. The van der Waals surface area contributed by atoms with Crippen molar-refractivity contribution in [2.24, 2.45) is 4.99 Å². The third-order valence-corrected chi connectivity index (χ3v) is 6.18. The van der Waals surface area contributed by atoms with Crippen LogP contribution >= 0.6 is 11.6 Å². The molecule has 0 saturated carbocycles. The number of halogens is 1. The first-order chi connectivity index (χ1) is 15.2. The van der Waals surface area contributed by atoms with Crippen molar-refractivity contribution in [1.82, 2.24) is 0 Å². The van der Waals surface area contributed by atoms with Crippen molar-refractivity contribution >= 4 is 34.4 Å². The van der Waals surface area contributed by atoms with E-state index >= 15 is 0 Å². The van der Waals surface area contributed by atoms with Gasteiger partial charge in [-0.15, -0.1) is 0 Å². The Bertz CT molecular complexity index is 1040. The van der Waals surface area contributed by atoms with Gasteiger partial charge in [0, 0.05) is 21.8 Å². The SMILES string of the molecule is CCCCCCCCCc1ccc(C2=Nc3cc(Cl)ccc3Nc3ccccc32)cc1. The smallest absolute Gasteiger partial charge is 0.0887 e. The highest BCUT2D eigenvalue weighted by Gasteiger charge is 2.17. The minimum Gasteiger partial charge on any atom is -0.353 e. The Morgan fingerprint density at radius 2 is 1.52 bits per heavy atom. The summed E-state index contributed by atoms with van der Waals surface area (Å²) in [4.78, 5) is 5.02. The number of benzene rings is 3. The van der Waals surface area contributed by atoms with Gasteiger partial charge in [-0.25, -0.2) is 4.99 Å². The van der Waals surface area contributed by atoms with Crippen LogP contribution in [0.5, 0.6) is 0 Å². The van der Waals surface area contributed by atoms with Crippen molar-refractivity contribution in [3.8, 4) is 0 Å². The summed E-state index contributed by atoms with van der Waals surface area (Å²) < 4.78 is 0.